The summed E-state index contributed by atoms with van der Waals surface area (Å²) < 4.78 is 7.26. The van der Waals surface area contributed by atoms with Crippen molar-refractivity contribution in [2.45, 2.75) is 13.0 Å². The third-order valence-electron chi connectivity index (χ3n) is 4.86. The summed E-state index contributed by atoms with van der Waals surface area (Å²) in [7, 11) is 1.58. The molecule has 6 nitrogen and oxygen atoms in total. The van der Waals surface area contributed by atoms with E-state index in [0.717, 1.165) is 28.0 Å². The van der Waals surface area contributed by atoms with Gasteiger partial charge in [0, 0.05) is 36.1 Å². The van der Waals surface area contributed by atoms with Crippen LogP contribution in [0.3, 0.4) is 0 Å². The molecule has 0 saturated carbocycles. The van der Waals surface area contributed by atoms with Crippen molar-refractivity contribution in [1.29, 1.82) is 0 Å². The second-order valence-electron chi connectivity index (χ2n) is 6.80. The second-order valence-corrected chi connectivity index (χ2v) is 7.20. The minimum atomic E-state index is -0.0862. The van der Waals surface area contributed by atoms with Gasteiger partial charge in [-0.1, -0.05) is 29.8 Å². The van der Waals surface area contributed by atoms with Crippen LogP contribution in [0, 0.1) is 0 Å². The molecule has 0 radical (unpaired) electrons. The van der Waals surface area contributed by atoms with Crippen molar-refractivity contribution in [2.75, 3.05) is 13.7 Å². The van der Waals surface area contributed by atoms with Crippen LogP contribution in [0.2, 0.25) is 5.02 Å². The molecule has 2 aromatic carbocycles. The number of nitrogens with one attached hydrogen (secondary N) is 1. The maximum absolute atomic E-state index is 12.4. The van der Waals surface area contributed by atoms with E-state index in [2.05, 4.69) is 14.9 Å². The van der Waals surface area contributed by atoms with Gasteiger partial charge in [-0.15, -0.1) is 0 Å². The Bertz CT molecular complexity index is 1170. The molecule has 4 aromatic rings. The molecule has 152 valence electrons. The predicted molar refractivity (Wildman–Crippen MR) is 118 cm³/mol. The third-order valence-corrected chi connectivity index (χ3v) is 5.21. The summed E-state index contributed by atoms with van der Waals surface area (Å²) in [4.78, 5) is 21.3. The molecular formula is C23H21ClN4O2. The Morgan fingerprint density at radius 3 is 2.70 bits per heavy atom. The van der Waals surface area contributed by atoms with E-state index >= 15 is 0 Å². The maximum atomic E-state index is 12.4. The molecule has 1 amide bonds. The van der Waals surface area contributed by atoms with Crippen LogP contribution in [-0.2, 0) is 17.8 Å². The standard InChI is InChI=1S/C23H21ClN4O2/c1-30-18-7-6-17(19(24)15-18)14-22(29)26-12-13-28-21-5-3-2-4-20(21)27-23(28)16-8-10-25-11-9-16/h2-11,15H,12-14H2,1H3,(H,26,29). The van der Waals surface area contributed by atoms with Crippen molar-refractivity contribution in [3.8, 4) is 17.1 Å². The summed E-state index contributed by atoms with van der Waals surface area (Å²) in [5.41, 5.74) is 3.69. The van der Waals surface area contributed by atoms with Gasteiger partial charge in [-0.3, -0.25) is 9.78 Å². The largest absolute Gasteiger partial charge is 0.497 e. The number of halogens is 1. The number of benzene rings is 2. The van der Waals surface area contributed by atoms with Gasteiger partial charge in [-0.05, 0) is 42.0 Å². The van der Waals surface area contributed by atoms with Gasteiger partial charge in [0.15, 0.2) is 0 Å². The highest BCUT2D eigenvalue weighted by atomic mass is 35.5. The fraction of sp³-hybridized carbons (Fsp3) is 0.174. The zero-order valence-corrected chi connectivity index (χ0v) is 17.3. The molecule has 0 atom stereocenters. The minimum Gasteiger partial charge on any atom is -0.497 e. The quantitative estimate of drug-likeness (QED) is 0.488. The van der Waals surface area contributed by atoms with Crippen molar-refractivity contribution in [3.63, 3.8) is 0 Å². The van der Waals surface area contributed by atoms with Crippen LogP contribution in [0.4, 0.5) is 0 Å². The van der Waals surface area contributed by atoms with Gasteiger partial charge in [-0.2, -0.15) is 0 Å². The lowest BCUT2D eigenvalue weighted by Crippen LogP contribution is -2.28. The first-order chi connectivity index (χ1) is 14.7. The lowest BCUT2D eigenvalue weighted by atomic mass is 10.1. The molecule has 1 N–H and O–H groups in total. The fourth-order valence-electron chi connectivity index (χ4n) is 3.36. The van der Waals surface area contributed by atoms with E-state index in [0.29, 0.717) is 23.9 Å². The lowest BCUT2D eigenvalue weighted by molar-refractivity contribution is -0.120. The Kier molecular flexibility index (Phi) is 5.95. The number of nitrogens with zero attached hydrogens (tertiary/aromatic N) is 3. The Labute approximate surface area is 179 Å². The Morgan fingerprint density at radius 2 is 1.93 bits per heavy atom. The molecule has 0 aliphatic carbocycles. The highest BCUT2D eigenvalue weighted by Crippen LogP contribution is 2.24. The highest BCUT2D eigenvalue weighted by Gasteiger charge is 2.13. The number of amides is 1. The van der Waals surface area contributed by atoms with E-state index in [1.165, 1.54) is 0 Å². The third kappa shape index (κ3) is 4.28. The molecule has 0 unspecified atom stereocenters. The van der Waals surface area contributed by atoms with E-state index in [1.54, 1.807) is 31.6 Å². The van der Waals surface area contributed by atoms with Crippen LogP contribution in [0.5, 0.6) is 5.75 Å². The number of rotatable bonds is 7. The second kappa shape index (κ2) is 8.97. The van der Waals surface area contributed by atoms with E-state index in [9.17, 15) is 4.79 Å². The van der Waals surface area contributed by atoms with Crippen molar-refractivity contribution in [2.24, 2.45) is 0 Å². The molecule has 30 heavy (non-hydrogen) atoms. The predicted octanol–water partition coefficient (Wildman–Crippen LogP) is 4.12. The van der Waals surface area contributed by atoms with Crippen LogP contribution in [0.25, 0.3) is 22.4 Å². The molecule has 0 fully saturated rings. The van der Waals surface area contributed by atoms with E-state index < -0.39 is 0 Å². The summed E-state index contributed by atoms with van der Waals surface area (Å²) >= 11 is 6.24. The zero-order valence-electron chi connectivity index (χ0n) is 16.5. The van der Waals surface area contributed by atoms with Crippen molar-refractivity contribution in [3.05, 3.63) is 77.6 Å². The summed E-state index contributed by atoms with van der Waals surface area (Å²) in [5.74, 6) is 1.43. The number of carbonyl (C=O) groups is 1. The van der Waals surface area contributed by atoms with Crippen molar-refractivity contribution >= 4 is 28.5 Å². The molecule has 2 heterocycles. The molecule has 4 rings (SSSR count). The van der Waals surface area contributed by atoms with Gasteiger partial charge >= 0.3 is 0 Å². The molecular weight excluding hydrogens is 400 g/mol. The van der Waals surface area contributed by atoms with Crippen molar-refractivity contribution < 1.29 is 9.53 Å². The van der Waals surface area contributed by atoms with Gasteiger partial charge < -0.3 is 14.6 Å². The topological polar surface area (TPSA) is 69.0 Å². The van der Waals surface area contributed by atoms with Gasteiger partial charge in [-0.25, -0.2) is 4.98 Å². The van der Waals surface area contributed by atoms with E-state index in [-0.39, 0.29) is 12.3 Å². The summed E-state index contributed by atoms with van der Waals surface area (Å²) in [5, 5.41) is 3.50. The number of ether oxygens (including phenoxy) is 1. The van der Waals surface area contributed by atoms with Crippen LogP contribution < -0.4 is 10.1 Å². The van der Waals surface area contributed by atoms with Crippen LogP contribution >= 0.6 is 11.6 Å². The molecule has 2 aromatic heterocycles. The lowest BCUT2D eigenvalue weighted by Gasteiger charge is -2.11. The normalized spacial score (nSPS) is 10.9. The summed E-state index contributed by atoms with van der Waals surface area (Å²) in [6.45, 7) is 1.07. The first kappa shape index (κ1) is 19.9. The van der Waals surface area contributed by atoms with Crippen LogP contribution in [-0.4, -0.2) is 34.1 Å². The molecule has 0 spiro atoms. The number of para-hydroxylation sites is 2. The average molecular weight is 421 g/mol. The Morgan fingerprint density at radius 1 is 1.13 bits per heavy atom. The zero-order chi connectivity index (χ0) is 20.9. The summed E-state index contributed by atoms with van der Waals surface area (Å²) in [6, 6.07) is 17.2. The number of aromatic nitrogens is 3. The van der Waals surface area contributed by atoms with Crippen molar-refractivity contribution in [1.82, 2.24) is 19.9 Å². The average Bonchev–Trinajstić information content (AvgIpc) is 3.14. The maximum Gasteiger partial charge on any atom is 0.224 e. The number of hydrogen-bond donors (Lipinski definition) is 1. The Hall–Kier alpha value is -3.38. The highest BCUT2D eigenvalue weighted by molar-refractivity contribution is 6.31. The van der Waals surface area contributed by atoms with Gasteiger partial charge in [0.2, 0.25) is 5.91 Å². The van der Waals surface area contributed by atoms with E-state index in [4.69, 9.17) is 21.3 Å². The number of carbonyl (C=O) groups excluding carboxylic acids is 1. The number of fused-ring (bicyclic) bond motifs is 1. The number of hydrogen-bond acceptors (Lipinski definition) is 4. The Balaban J connectivity index is 1.47. The molecule has 0 aliphatic rings. The van der Waals surface area contributed by atoms with Gasteiger partial charge in [0.05, 0.1) is 24.6 Å². The number of pyridine rings is 1. The van der Waals surface area contributed by atoms with Crippen LogP contribution in [0.15, 0.2) is 67.0 Å². The monoisotopic (exact) mass is 420 g/mol. The van der Waals surface area contributed by atoms with Gasteiger partial charge in [0.25, 0.3) is 0 Å². The smallest absolute Gasteiger partial charge is 0.224 e. The number of methoxy groups -OCH3 is 1. The van der Waals surface area contributed by atoms with E-state index in [1.807, 2.05) is 42.5 Å². The molecule has 0 bridgehead atoms. The molecule has 0 saturated heterocycles. The first-order valence-electron chi connectivity index (χ1n) is 9.60. The minimum absolute atomic E-state index is 0.0862. The van der Waals surface area contributed by atoms with Gasteiger partial charge in [0.1, 0.15) is 11.6 Å². The SMILES string of the molecule is COc1ccc(CC(=O)NCCn2c(-c3ccncc3)nc3ccccc32)c(Cl)c1. The fourth-order valence-corrected chi connectivity index (χ4v) is 3.60. The van der Waals surface area contributed by atoms with Crippen LogP contribution in [0.1, 0.15) is 5.56 Å². The number of imidazole rings is 1. The first-order valence-corrected chi connectivity index (χ1v) is 9.98. The molecule has 0 aliphatic heterocycles. The summed E-state index contributed by atoms with van der Waals surface area (Å²) in [6.07, 6.45) is 3.71. The molecule has 7 heteroatoms.